The number of carbonyl (C=O) groups is 1. The van der Waals surface area contributed by atoms with Crippen molar-refractivity contribution in [2.45, 2.75) is 45.6 Å². The molecule has 0 aliphatic heterocycles. The molecule has 4 heteroatoms. The highest BCUT2D eigenvalue weighted by atomic mass is 16.4. The topological polar surface area (TPSA) is 66.6 Å². The number of aryl methyl sites for hydroxylation is 1. The van der Waals surface area contributed by atoms with Crippen molar-refractivity contribution in [1.29, 1.82) is 0 Å². The van der Waals surface area contributed by atoms with Gasteiger partial charge in [-0.15, -0.1) is 0 Å². The third-order valence-electron chi connectivity index (χ3n) is 3.61. The summed E-state index contributed by atoms with van der Waals surface area (Å²) < 4.78 is 0. The Labute approximate surface area is 121 Å². The maximum absolute atomic E-state index is 10.9. The molecule has 0 bridgehead atoms. The van der Waals surface area contributed by atoms with Crippen molar-refractivity contribution in [3.05, 3.63) is 29.8 Å². The van der Waals surface area contributed by atoms with Crippen molar-refractivity contribution in [3.63, 3.8) is 0 Å². The normalized spacial score (nSPS) is 13.8. The fourth-order valence-electron chi connectivity index (χ4n) is 2.20. The molecule has 0 radical (unpaired) electrons. The molecular formula is C16H26N2O2. The van der Waals surface area contributed by atoms with Gasteiger partial charge in [0, 0.05) is 18.8 Å². The van der Waals surface area contributed by atoms with E-state index in [2.05, 4.69) is 43.0 Å². The summed E-state index contributed by atoms with van der Waals surface area (Å²) in [6, 6.07) is 8.44. The van der Waals surface area contributed by atoms with E-state index >= 15 is 0 Å². The van der Waals surface area contributed by atoms with Gasteiger partial charge in [-0.25, -0.2) is 0 Å². The molecule has 0 saturated heterocycles. The Balaban J connectivity index is 2.45. The molecule has 0 saturated carbocycles. The van der Waals surface area contributed by atoms with Crippen LogP contribution in [0.25, 0.3) is 0 Å². The number of anilines is 1. The first-order valence-corrected chi connectivity index (χ1v) is 7.20. The van der Waals surface area contributed by atoms with Crippen LogP contribution in [0.4, 0.5) is 5.69 Å². The van der Waals surface area contributed by atoms with Crippen LogP contribution < -0.4 is 10.6 Å². The van der Waals surface area contributed by atoms with Crippen LogP contribution in [0.5, 0.6) is 0 Å². The molecule has 4 nitrogen and oxygen atoms in total. The number of rotatable bonds is 8. The number of unbranched alkanes of at least 4 members (excludes halogenated alkanes) is 1. The maximum Gasteiger partial charge on any atom is 0.323 e. The van der Waals surface area contributed by atoms with E-state index in [4.69, 9.17) is 10.8 Å². The minimum absolute atomic E-state index is 0.508. The van der Waals surface area contributed by atoms with Gasteiger partial charge in [-0.3, -0.25) is 4.79 Å². The molecule has 3 N–H and O–H groups in total. The smallest absolute Gasteiger partial charge is 0.323 e. The first-order valence-electron chi connectivity index (χ1n) is 7.20. The zero-order chi connectivity index (χ0) is 15.2. The van der Waals surface area contributed by atoms with E-state index in [1.165, 1.54) is 11.3 Å². The summed E-state index contributed by atoms with van der Waals surface area (Å²) >= 11 is 0. The second-order valence-corrected chi connectivity index (χ2v) is 5.60. The number of carboxylic acids is 1. The summed E-state index contributed by atoms with van der Waals surface area (Å²) in [5.74, 6) is -0.927. The molecule has 0 aromatic heterocycles. The fraction of sp³-hybridized carbons (Fsp3) is 0.562. The molecule has 20 heavy (non-hydrogen) atoms. The van der Waals surface area contributed by atoms with E-state index in [0.717, 1.165) is 25.9 Å². The molecule has 1 rings (SSSR count). The van der Waals surface area contributed by atoms with E-state index in [-0.39, 0.29) is 0 Å². The third kappa shape index (κ3) is 4.85. The largest absolute Gasteiger partial charge is 0.480 e. The number of benzene rings is 1. The standard InChI is InChI=1S/C16H26N2O2/c1-4-18(14-9-7-8-13(2)12-14)11-6-5-10-16(3,17)15(19)20/h7-9,12H,4-6,10-11,17H2,1-3H3,(H,19,20). The molecule has 1 aromatic carbocycles. The summed E-state index contributed by atoms with van der Waals surface area (Å²) in [5, 5.41) is 8.97. The van der Waals surface area contributed by atoms with E-state index in [0.29, 0.717) is 6.42 Å². The molecular weight excluding hydrogens is 252 g/mol. The average molecular weight is 278 g/mol. The second-order valence-electron chi connectivity index (χ2n) is 5.60. The van der Waals surface area contributed by atoms with Crippen LogP contribution in [-0.4, -0.2) is 29.7 Å². The van der Waals surface area contributed by atoms with Crippen molar-refractivity contribution in [2.75, 3.05) is 18.0 Å². The highest BCUT2D eigenvalue weighted by Crippen LogP contribution is 2.17. The molecule has 0 aliphatic carbocycles. The lowest BCUT2D eigenvalue weighted by Gasteiger charge is -2.24. The number of carboxylic acid groups (broad SMARTS) is 1. The van der Waals surface area contributed by atoms with Crippen LogP contribution in [0.3, 0.4) is 0 Å². The first-order chi connectivity index (χ1) is 9.36. The quantitative estimate of drug-likeness (QED) is 0.718. The highest BCUT2D eigenvalue weighted by molar-refractivity contribution is 5.77. The summed E-state index contributed by atoms with van der Waals surface area (Å²) in [6.07, 6.45) is 2.27. The summed E-state index contributed by atoms with van der Waals surface area (Å²) in [7, 11) is 0. The lowest BCUT2D eigenvalue weighted by atomic mass is 9.96. The molecule has 0 fully saturated rings. The zero-order valence-electron chi connectivity index (χ0n) is 12.7. The van der Waals surface area contributed by atoms with Crippen LogP contribution in [-0.2, 0) is 4.79 Å². The molecule has 0 amide bonds. The zero-order valence-corrected chi connectivity index (χ0v) is 12.7. The highest BCUT2D eigenvalue weighted by Gasteiger charge is 2.26. The maximum atomic E-state index is 10.9. The van der Waals surface area contributed by atoms with Gasteiger partial charge in [0.15, 0.2) is 0 Å². The van der Waals surface area contributed by atoms with Crippen LogP contribution in [0.15, 0.2) is 24.3 Å². The molecule has 112 valence electrons. The minimum Gasteiger partial charge on any atom is -0.480 e. The van der Waals surface area contributed by atoms with Crippen molar-refractivity contribution in [2.24, 2.45) is 5.73 Å². The summed E-state index contributed by atoms with van der Waals surface area (Å²) in [6.45, 7) is 7.67. The van der Waals surface area contributed by atoms with Crippen LogP contribution in [0.2, 0.25) is 0 Å². The molecule has 0 spiro atoms. The first kappa shape index (κ1) is 16.5. The Bertz CT molecular complexity index is 444. The second kappa shape index (κ2) is 7.29. The van der Waals surface area contributed by atoms with Crippen molar-refractivity contribution in [3.8, 4) is 0 Å². The number of nitrogens with zero attached hydrogens (tertiary/aromatic N) is 1. The number of nitrogens with two attached hydrogens (primary N) is 1. The summed E-state index contributed by atoms with van der Waals surface area (Å²) in [5.41, 5.74) is 7.09. The predicted octanol–water partition coefficient (Wildman–Crippen LogP) is 2.79. The Hall–Kier alpha value is -1.55. The van der Waals surface area contributed by atoms with Gasteiger partial charge in [0.05, 0.1) is 0 Å². The van der Waals surface area contributed by atoms with Gasteiger partial charge in [0.2, 0.25) is 0 Å². The Kier molecular flexibility index (Phi) is 6.02. The van der Waals surface area contributed by atoms with E-state index in [1.807, 2.05) is 0 Å². The number of hydrogen-bond acceptors (Lipinski definition) is 3. The average Bonchev–Trinajstić information content (AvgIpc) is 2.38. The van der Waals surface area contributed by atoms with Crippen LogP contribution in [0.1, 0.15) is 38.7 Å². The van der Waals surface area contributed by atoms with Gasteiger partial charge in [0.1, 0.15) is 5.54 Å². The molecule has 1 aromatic rings. The van der Waals surface area contributed by atoms with Crippen molar-refractivity contribution < 1.29 is 9.90 Å². The van der Waals surface area contributed by atoms with Gasteiger partial charge in [-0.1, -0.05) is 12.1 Å². The lowest BCUT2D eigenvalue weighted by Crippen LogP contribution is -2.44. The lowest BCUT2D eigenvalue weighted by molar-refractivity contribution is -0.142. The van der Waals surface area contributed by atoms with Gasteiger partial charge in [-0.2, -0.15) is 0 Å². The SMILES string of the molecule is CCN(CCCCC(C)(N)C(=O)O)c1cccc(C)c1. The van der Waals surface area contributed by atoms with Crippen molar-refractivity contribution in [1.82, 2.24) is 0 Å². The van der Waals surface area contributed by atoms with Gasteiger partial charge < -0.3 is 15.7 Å². The summed E-state index contributed by atoms with van der Waals surface area (Å²) in [4.78, 5) is 13.2. The fourth-order valence-corrected chi connectivity index (χ4v) is 2.20. The van der Waals surface area contributed by atoms with Gasteiger partial charge >= 0.3 is 5.97 Å². The van der Waals surface area contributed by atoms with Gasteiger partial charge in [-0.05, 0) is 57.7 Å². The molecule has 1 atom stereocenters. The predicted molar refractivity (Wildman–Crippen MR) is 83.1 cm³/mol. The Morgan fingerprint density at radius 1 is 1.40 bits per heavy atom. The number of hydrogen-bond donors (Lipinski definition) is 2. The Morgan fingerprint density at radius 2 is 2.10 bits per heavy atom. The van der Waals surface area contributed by atoms with E-state index < -0.39 is 11.5 Å². The monoisotopic (exact) mass is 278 g/mol. The molecule has 1 unspecified atom stereocenters. The van der Waals surface area contributed by atoms with Crippen LogP contribution >= 0.6 is 0 Å². The third-order valence-corrected chi connectivity index (χ3v) is 3.61. The minimum atomic E-state index is -1.11. The van der Waals surface area contributed by atoms with Crippen LogP contribution in [0, 0.1) is 6.92 Å². The van der Waals surface area contributed by atoms with E-state index in [1.54, 1.807) is 6.92 Å². The molecule has 0 heterocycles. The van der Waals surface area contributed by atoms with E-state index in [9.17, 15) is 4.79 Å². The van der Waals surface area contributed by atoms with Crippen molar-refractivity contribution >= 4 is 11.7 Å². The Morgan fingerprint density at radius 3 is 2.65 bits per heavy atom. The number of aliphatic carboxylic acids is 1. The van der Waals surface area contributed by atoms with Gasteiger partial charge in [0.25, 0.3) is 0 Å². The molecule has 0 aliphatic rings.